The van der Waals surface area contributed by atoms with E-state index >= 15 is 0 Å². The van der Waals surface area contributed by atoms with Gasteiger partial charge in [-0.2, -0.15) is 13.2 Å². The Balaban J connectivity index is 2.71. The van der Waals surface area contributed by atoms with Crippen LogP contribution in [-0.4, -0.2) is 36.8 Å². The van der Waals surface area contributed by atoms with E-state index in [1.165, 1.54) is 24.3 Å². The lowest BCUT2D eigenvalue weighted by Crippen LogP contribution is -2.21. The quantitative estimate of drug-likeness (QED) is 0.615. The van der Waals surface area contributed by atoms with Crippen molar-refractivity contribution in [1.29, 1.82) is 0 Å². The maximum absolute atomic E-state index is 12.1. The molecule has 2 nitrogen and oxygen atoms in total. The number of hydrogen-bond acceptors (Lipinski definition) is 3. The van der Waals surface area contributed by atoms with Crippen molar-refractivity contribution in [2.45, 2.75) is 10.4 Å². The van der Waals surface area contributed by atoms with Crippen LogP contribution in [0.2, 0.25) is 0 Å². The summed E-state index contributed by atoms with van der Waals surface area (Å²) in [6.07, 6.45) is 0. The lowest BCUT2D eigenvalue weighted by atomic mass is 10.1. The van der Waals surface area contributed by atoms with Gasteiger partial charge in [-0.15, -0.1) is 0 Å². The van der Waals surface area contributed by atoms with Gasteiger partial charge < -0.3 is 4.90 Å². The summed E-state index contributed by atoms with van der Waals surface area (Å²) in [5.41, 5.74) is -3.87. The summed E-state index contributed by atoms with van der Waals surface area (Å²) >= 11 is -0.187. The number of alkyl halides is 3. The standard InChI is InChI=1S/C11H12F3NOS/c1-15(2)7-10(16)8-3-5-9(6-4-8)17-11(12,13)14/h3-6H,7H2,1-2H3. The van der Waals surface area contributed by atoms with E-state index in [4.69, 9.17) is 0 Å². The van der Waals surface area contributed by atoms with Crippen LogP contribution in [-0.2, 0) is 0 Å². The predicted molar refractivity (Wildman–Crippen MR) is 61.2 cm³/mol. The van der Waals surface area contributed by atoms with Crippen LogP contribution in [0.25, 0.3) is 0 Å². The SMILES string of the molecule is CN(C)CC(=O)c1ccc(SC(F)(F)F)cc1. The summed E-state index contributed by atoms with van der Waals surface area (Å²) in [6.45, 7) is 0.242. The zero-order valence-electron chi connectivity index (χ0n) is 9.41. The van der Waals surface area contributed by atoms with E-state index in [1.807, 2.05) is 0 Å². The van der Waals surface area contributed by atoms with Crippen LogP contribution in [0.5, 0.6) is 0 Å². The Morgan fingerprint density at radius 2 is 1.76 bits per heavy atom. The second kappa shape index (κ2) is 5.55. The number of thioether (sulfide) groups is 1. The van der Waals surface area contributed by atoms with E-state index < -0.39 is 5.51 Å². The second-order valence-corrected chi connectivity index (χ2v) is 4.87. The number of likely N-dealkylation sites (N-methyl/N-ethyl adjacent to an activating group) is 1. The number of Topliss-reactive ketones (excluding diaryl/α,β-unsaturated/α-hetero) is 1. The Bertz CT molecular complexity index is 387. The molecule has 94 valence electrons. The molecule has 1 aromatic rings. The number of carbonyl (C=O) groups excluding carboxylic acids is 1. The third kappa shape index (κ3) is 5.23. The summed E-state index contributed by atoms with van der Waals surface area (Å²) in [4.78, 5) is 13.4. The number of halogens is 3. The topological polar surface area (TPSA) is 20.3 Å². The van der Waals surface area contributed by atoms with Crippen molar-refractivity contribution in [3.8, 4) is 0 Å². The first kappa shape index (κ1) is 14.1. The summed E-state index contributed by atoms with van der Waals surface area (Å²) in [7, 11) is 3.51. The molecule has 1 aromatic carbocycles. The zero-order valence-corrected chi connectivity index (χ0v) is 10.2. The first-order valence-corrected chi connectivity index (χ1v) is 5.63. The van der Waals surface area contributed by atoms with Crippen LogP contribution in [0.3, 0.4) is 0 Å². The van der Waals surface area contributed by atoms with Crippen molar-refractivity contribution in [3.05, 3.63) is 29.8 Å². The number of benzene rings is 1. The maximum atomic E-state index is 12.1. The van der Waals surface area contributed by atoms with E-state index in [1.54, 1.807) is 19.0 Å². The lowest BCUT2D eigenvalue weighted by Gasteiger charge is -2.09. The zero-order chi connectivity index (χ0) is 13.1. The largest absolute Gasteiger partial charge is 0.446 e. The Hall–Kier alpha value is -1.01. The number of rotatable bonds is 4. The minimum Gasteiger partial charge on any atom is -0.302 e. The highest BCUT2D eigenvalue weighted by atomic mass is 32.2. The van der Waals surface area contributed by atoms with Gasteiger partial charge in [0.05, 0.1) is 6.54 Å². The molecule has 0 radical (unpaired) electrons. The number of carbonyl (C=O) groups is 1. The molecule has 0 saturated carbocycles. The van der Waals surface area contributed by atoms with Gasteiger partial charge in [-0.3, -0.25) is 4.79 Å². The number of ketones is 1. The van der Waals surface area contributed by atoms with Crippen molar-refractivity contribution in [1.82, 2.24) is 4.90 Å². The monoisotopic (exact) mass is 263 g/mol. The Kier molecular flexibility index (Phi) is 4.59. The smallest absolute Gasteiger partial charge is 0.302 e. The highest BCUT2D eigenvalue weighted by molar-refractivity contribution is 8.00. The molecule has 0 unspecified atom stereocenters. The van der Waals surface area contributed by atoms with Crippen LogP contribution >= 0.6 is 11.8 Å². The predicted octanol–water partition coefficient (Wildman–Crippen LogP) is 3.04. The molecule has 1 rings (SSSR count). The van der Waals surface area contributed by atoms with Gasteiger partial charge in [-0.1, -0.05) is 12.1 Å². The van der Waals surface area contributed by atoms with E-state index in [9.17, 15) is 18.0 Å². The minimum atomic E-state index is -4.30. The normalized spacial score (nSPS) is 11.9. The van der Waals surface area contributed by atoms with Gasteiger partial charge in [0.15, 0.2) is 5.78 Å². The van der Waals surface area contributed by atoms with Gasteiger partial charge in [-0.25, -0.2) is 0 Å². The van der Waals surface area contributed by atoms with Gasteiger partial charge in [-0.05, 0) is 38.0 Å². The van der Waals surface area contributed by atoms with Gasteiger partial charge in [0.25, 0.3) is 0 Å². The summed E-state index contributed by atoms with van der Waals surface area (Å²) in [6, 6.07) is 5.45. The minimum absolute atomic E-state index is 0.0823. The fourth-order valence-electron chi connectivity index (χ4n) is 1.22. The summed E-state index contributed by atoms with van der Waals surface area (Å²) in [5.74, 6) is -0.112. The first-order chi connectivity index (χ1) is 7.78. The average Bonchev–Trinajstić information content (AvgIpc) is 2.15. The Morgan fingerprint density at radius 3 is 2.18 bits per heavy atom. The van der Waals surface area contributed by atoms with E-state index in [-0.39, 0.29) is 29.0 Å². The van der Waals surface area contributed by atoms with E-state index in [2.05, 4.69) is 0 Å². The molecular weight excluding hydrogens is 251 g/mol. The number of nitrogens with zero attached hydrogens (tertiary/aromatic N) is 1. The highest BCUT2D eigenvalue weighted by Crippen LogP contribution is 2.36. The van der Waals surface area contributed by atoms with Crippen molar-refractivity contribution in [2.24, 2.45) is 0 Å². The molecule has 0 N–H and O–H groups in total. The summed E-state index contributed by atoms with van der Waals surface area (Å²) in [5, 5.41) is 0. The third-order valence-electron chi connectivity index (χ3n) is 1.87. The molecule has 0 aliphatic heterocycles. The van der Waals surface area contributed by atoms with Crippen molar-refractivity contribution < 1.29 is 18.0 Å². The third-order valence-corrected chi connectivity index (χ3v) is 2.61. The average molecular weight is 263 g/mol. The van der Waals surface area contributed by atoms with Crippen molar-refractivity contribution >= 4 is 17.5 Å². The lowest BCUT2D eigenvalue weighted by molar-refractivity contribution is -0.0328. The molecular formula is C11H12F3NOS. The Morgan fingerprint density at radius 1 is 1.24 bits per heavy atom. The molecule has 0 aliphatic carbocycles. The first-order valence-electron chi connectivity index (χ1n) is 4.81. The highest BCUT2D eigenvalue weighted by Gasteiger charge is 2.29. The van der Waals surface area contributed by atoms with Crippen molar-refractivity contribution in [3.63, 3.8) is 0 Å². The van der Waals surface area contributed by atoms with Gasteiger partial charge in [0, 0.05) is 10.5 Å². The van der Waals surface area contributed by atoms with Crippen LogP contribution in [0, 0.1) is 0 Å². The molecule has 0 fully saturated rings. The van der Waals surface area contributed by atoms with Crippen LogP contribution in [0.15, 0.2) is 29.2 Å². The van der Waals surface area contributed by atoms with Crippen LogP contribution < -0.4 is 0 Å². The molecule has 0 spiro atoms. The van der Waals surface area contributed by atoms with Gasteiger partial charge in [0.1, 0.15) is 0 Å². The number of hydrogen-bond donors (Lipinski definition) is 0. The molecule has 0 aliphatic rings. The molecule has 17 heavy (non-hydrogen) atoms. The molecule has 0 aromatic heterocycles. The van der Waals surface area contributed by atoms with Crippen LogP contribution in [0.1, 0.15) is 10.4 Å². The molecule has 0 amide bonds. The second-order valence-electron chi connectivity index (χ2n) is 3.73. The van der Waals surface area contributed by atoms with Gasteiger partial charge in [0.2, 0.25) is 0 Å². The maximum Gasteiger partial charge on any atom is 0.446 e. The van der Waals surface area contributed by atoms with E-state index in [0.29, 0.717) is 5.56 Å². The van der Waals surface area contributed by atoms with Crippen LogP contribution in [0.4, 0.5) is 13.2 Å². The molecule has 0 heterocycles. The molecule has 6 heteroatoms. The molecule has 0 saturated heterocycles. The van der Waals surface area contributed by atoms with Crippen molar-refractivity contribution in [2.75, 3.05) is 20.6 Å². The summed E-state index contributed by atoms with van der Waals surface area (Å²) < 4.78 is 36.2. The fourth-order valence-corrected chi connectivity index (χ4v) is 1.76. The molecule has 0 bridgehead atoms. The van der Waals surface area contributed by atoms with Gasteiger partial charge >= 0.3 is 5.51 Å². The Labute approximate surface area is 102 Å². The van der Waals surface area contributed by atoms with E-state index in [0.717, 1.165) is 0 Å². The fraction of sp³-hybridized carbons (Fsp3) is 0.364. The molecule has 0 atom stereocenters.